The van der Waals surface area contributed by atoms with Gasteiger partial charge >= 0.3 is 0 Å². The SMILES string of the molecule is C[C@H](NCc1cccc(NC(=O)c2ccccc2Cl)c1)c1ccc(Cl)cc1Cl. The van der Waals surface area contributed by atoms with E-state index in [4.69, 9.17) is 34.8 Å². The van der Waals surface area contributed by atoms with Crippen molar-refractivity contribution in [2.45, 2.75) is 19.5 Å². The van der Waals surface area contributed by atoms with Gasteiger partial charge < -0.3 is 10.6 Å². The molecule has 0 aromatic heterocycles. The molecule has 3 aromatic carbocycles. The lowest BCUT2D eigenvalue weighted by Crippen LogP contribution is -2.18. The van der Waals surface area contributed by atoms with E-state index in [1.54, 1.807) is 30.3 Å². The van der Waals surface area contributed by atoms with Crippen LogP contribution in [0.15, 0.2) is 66.7 Å². The van der Waals surface area contributed by atoms with Crippen molar-refractivity contribution >= 4 is 46.4 Å². The number of hydrogen-bond donors (Lipinski definition) is 2. The van der Waals surface area contributed by atoms with E-state index in [1.807, 2.05) is 43.3 Å². The van der Waals surface area contributed by atoms with E-state index >= 15 is 0 Å². The minimum atomic E-state index is -0.239. The number of amides is 1. The summed E-state index contributed by atoms with van der Waals surface area (Å²) in [6.07, 6.45) is 0. The molecule has 1 atom stereocenters. The summed E-state index contributed by atoms with van der Waals surface area (Å²) in [4.78, 5) is 12.4. The molecule has 0 spiro atoms. The smallest absolute Gasteiger partial charge is 0.257 e. The van der Waals surface area contributed by atoms with Crippen LogP contribution in [0.3, 0.4) is 0 Å². The van der Waals surface area contributed by atoms with E-state index in [-0.39, 0.29) is 11.9 Å². The molecule has 3 nitrogen and oxygen atoms in total. The van der Waals surface area contributed by atoms with Crippen molar-refractivity contribution in [2.24, 2.45) is 0 Å². The van der Waals surface area contributed by atoms with E-state index in [0.29, 0.717) is 32.9 Å². The predicted molar refractivity (Wildman–Crippen MR) is 118 cm³/mol. The number of rotatable bonds is 6. The molecule has 3 rings (SSSR count). The summed E-state index contributed by atoms with van der Waals surface area (Å²) >= 11 is 18.3. The van der Waals surface area contributed by atoms with Crippen molar-refractivity contribution in [1.29, 1.82) is 0 Å². The highest BCUT2D eigenvalue weighted by Crippen LogP contribution is 2.26. The van der Waals surface area contributed by atoms with E-state index in [2.05, 4.69) is 10.6 Å². The van der Waals surface area contributed by atoms with Crippen LogP contribution in [0.2, 0.25) is 15.1 Å². The lowest BCUT2D eigenvalue weighted by molar-refractivity contribution is 0.102. The van der Waals surface area contributed by atoms with Gasteiger partial charge in [-0.15, -0.1) is 0 Å². The maximum absolute atomic E-state index is 12.4. The minimum Gasteiger partial charge on any atom is -0.322 e. The van der Waals surface area contributed by atoms with Crippen molar-refractivity contribution in [3.63, 3.8) is 0 Å². The lowest BCUT2D eigenvalue weighted by Gasteiger charge is -2.16. The number of carbonyl (C=O) groups is 1. The third-order valence-electron chi connectivity index (χ3n) is 4.34. The van der Waals surface area contributed by atoms with Crippen LogP contribution < -0.4 is 10.6 Å². The Morgan fingerprint density at radius 3 is 2.46 bits per heavy atom. The molecule has 0 unspecified atom stereocenters. The summed E-state index contributed by atoms with van der Waals surface area (Å²) in [6, 6.07) is 20.2. The van der Waals surface area contributed by atoms with E-state index in [0.717, 1.165) is 11.1 Å². The number of benzene rings is 3. The fourth-order valence-electron chi connectivity index (χ4n) is 2.84. The highest BCUT2D eigenvalue weighted by Gasteiger charge is 2.11. The van der Waals surface area contributed by atoms with Crippen molar-refractivity contribution in [1.82, 2.24) is 5.32 Å². The second-order valence-corrected chi connectivity index (χ2v) is 7.65. The molecule has 0 saturated heterocycles. The highest BCUT2D eigenvalue weighted by atomic mass is 35.5. The second kappa shape index (κ2) is 9.44. The number of hydrogen-bond acceptors (Lipinski definition) is 2. The summed E-state index contributed by atoms with van der Waals surface area (Å²) in [5.41, 5.74) is 3.17. The third kappa shape index (κ3) is 5.27. The van der Waals surface area contributed by atoms with Crippen molar-refractivity contribution in [3.05, 3.63) is 98.5 Å². The van der Waals surface area contributed by atoms with E-state index < -0.39 is 0 Å². The van der Waals surface area contributed by atoms with Crippen LogP contribution in [0, 0.1) is 0 Å². The van der Waals surface area contributed by atoms with Crippen LogP contribution >= 0.6 is 34.8 Å². The van der Waals surface area contributed by atoms with Crippen LogP contribution in [-0.2, 0) is 6.54 Å². The van der Waals surface area contributed by atoms with Crippen LogP contribution in [-0.4, -0.2) is 5.91 Å². The van der Waals surface area contributed by atoms with Crippen LogP contribution in [0.1, 0.15) is 34.5 Å². The van der Waals surface area contributed by atoms with Gasteiger partial charge in [0.25, 0.3) is 5.91 Å². The zero-order valence-corrected chi connectivity index (χ0v) is 17.4. The van der Waals surface area contributed by atoms with Gasteiger partial charge in [0.05, 0.1) is 10.6 Å². The molecule has 144 valence electrons. The van der Waals surface area contributed by atoms with Crippen LogP contribution in [0.25, 0.3) is 0 Å². The van der Waals surface area contributed by atoms with E-state index in [1.165, 1.54) is 0 Å². The zero-order chi connectivity index (χ0) is 20.1. The first-order chi connectivity index (χ1) is 13.4. The fourth-order valence-corrected chi connectivity index (χ4v) is 3.63. The van der Waals surface area contributed by atoms with Crippen molar-refractivity contribution in [3.8, 4) is 0 Å². The van der Waals surface area contributed by atoms with Crippen molar-refractivity contribution < 1.29 is 4.79 Å². The molecule has 2 N–H and O–H groups in total. The number of nitrogens with one attached hydrogen (secondary N) is 2. The molecule has 0 aliphatic carbocycles. The minimum absolute atomic E-state index is 0.0474. The first kappa shape index (κ1) is 20.7. The highest BCUT2D eigenvalue weighted by molar-refractivity contribution is 6.35. The Hall–Kier alpha value is -2.04. The average Bonchev–Trinajstić information content (AvgIpc) is 2.66. The molecule has 0 radical (unpaired) electrons. The Balaban J connectivity index is 1.65. The molecule has 0 aliphatic rings. The van der Waals surface area contributed by atoms with Crippen LogP contribution in [0.5, 0.6) is 0 Å². The Morgan fingerprint density at radius 2 is 1.71 bits per heavy atom. The van der Waals surface area contributed by atoms with Gasteiger partial charge in [0.1, 0.15) is 0 Å². The van der Waals surface area contributed by atoms with Gasteiger partial charge in [0.15, 0.2) is 0 Å². The molecule has 0 bridgehead atoms. The average molecular weight is 434 g/mol. The zero-order valence-electron chi connectivity index (χ0n) is 15.2. The topological polar surface area (TPSA) is 41.1 Å². The molecule has 3 aromatic rings. The molecule has 28 heavy (non-hydrogen) atoms. The Kier molecular flexibility index (Phi) is 6.97. The standard InChI is InChI=1S/C22H19Cl3N2O/c1-14(18-10-9-16(23)12-21(18)25)26-13-15-5-4-6-17(11-15)27-22(28)19-7-2-3-8-20(19)24/h2-12,14,26H,13H2,1H3,(H,27,28)/t14-/m0/s1. The molecule has 0 heterocycles. The monoisotopic (exact) mass is 432 g/mol. The van der Waals surface area contributed by atoms with Gasteiger partial charge in [-0.1, -0.05) is 65.1 Å². The van der Waals surface area contributed by atoms with Gasteiger partial charge in [-0.3, -0.25) is 4.79 Å². The quantitative estimate of drug-likeness (QED) is 0.451. The molecule has 0 saturated carbocycles. The lowest BCUT2D eigenvalue weighted by atomic mass is 10.1. The third-order valence-corrected chi connectivity index (χ3v) is 5.24. The largest absolute Gasteiger partial charge is 0.322 e. The number of halogens is 3. The summed E-state index contributed by atoms with van der Waals surface area (Å²) in [7, 11) is 0. The second-order valence-electron chi connectivity index (χ2n) is 6.40. The number of anilines is 1. The fraction of sp³-hybridized carbons (Fsp3) is 0.136. The van der Waals surface area contributed by atoms with Gasteiger partial charge in [0, 0.05) is 28.3 Å². The summed E-state index contributed by atoms with van der Waals surface area (Å²) in [5, 5.41) is 7.99. The Bertz CT molecular complexity index is 991. The van der Waals surface area contributed by atoms with E-state index in [9.17, 15) is 4.79 Å². The normalized spacial score (nSPS) is 11.9. The number of carbonyl (C=O) groups excluding carboxylic acids is 1. The van der Waals surface area contributed by atoms with Crippen LogP contribution in [0.4, 0.5) is 5.69 Å². The van der Waals surface area contributed by atoms with Gasteiger partial charge in [-0.05, 0) is 54.4 Å². The van der Waals surface area contributed by atoms with Gasteiger partial charge in [-0.2, -0.15) is 0 Å². The molecule has 6 heteroatoms. The molecular formula is C22H19Cl3N2O. The molecule has 0 aliphatic heterocycles. The molecule has 1 amide bonds. The molecule has 0 fully saturated rings. The maximum atomic E-state index is 12.4. The van der Waals surface area contributed by atoms with Gasteiger partial charge in [-0.25, -0.2) is 0 Å². The van der Waals surface area contributed by atoms with Gasteiger partial charge in [0.2, 0.25) is 0 Å². The summed E-state index contributed by atoms with van der Waals surface area (Å²) < 4.78 is 0. The Morgan fingerprint density at radius 1 is 0.929 bits per heavy atom. The Labute approximate surface area is 179 Å². The predicted octanol–water partition coefficient (Wildman–Crippen LogP) is 6.75. The summed E-state index contributed by atoms with van der Waals surface area (Å²) in [6.45, 7) is 2.66. The maximum Gasteiger partial charge on any atom is 0.257 e. The molecular weight excluding hydrogens is 415 g/mol. The first-order valence-electron chi connectivity index (χ1n) is 8.77. The summed E-state index contributed by atoms with van der Waals surface area (Å²) in [5.74, 6) is -0.239. The van der Waals surface area contributed by atoms with Crippen molar-refractivity contribution in [2.75, 3.05) is 5.32 Å². The first-order valence-corrected chi connectivity index (χ1v) is 9.90.